The van der Waals surface area contributed by atoms with E-state index in [0.717, 1.165) is 0 Å². The summed E-state index contributed by atoms with van der Waals surface area (Å²) >= 11 is 0. The van der Waals surface area contributed by atoms with Gasteiger partial charge in [0.05, 0.1) is 23.9 Å². The Morgan fingerprint density at radius 3 is 2.73 bits per heavy atom. The molecule has 0 bridgehead atoms. The molecule has 114 valence electrons. The molecule has 2 aromatic heterocycles. The van der Waals surface area contributed by atoms with Crippen molar-refractivity contribution in [3.05, 3.63) is 34.9 Å². The third-order valence-electron chi connectivity index (χ3n) is 3.05. The molecular weight excluding hydrogens is 310 g/mol. The number of hydrogen-bond donors (Lipinski definition) is 3. The number of sulfonamides is 1. The van der Waals surface area contributed by atoms with Gasteiger partial charge in [-0.05, 0) is 12.1 Å². The number of benzene rings is 1. The summed E-state index contributed by atoms with van der Waals surface area (Å²) in [5.41, 5.74) is 0.586. The van der Waals surface area contributed by atoms with Gasteiger partial charge in [-0.1, -0.05) is 0 Å². The van der Waals surface area contributed by atoms with Gasteiger partial charge in [0, 0.05) is 6.07 Å². The fraction of sp³-hybridized carbons (Fsp3) is 0.0833. The highest BCUT2D eigenvalue weighted by atomic mass is 32.2. The third-order valence-corrected chi connectivity index (χ3v) is 3.96. The number of nitrogens with zero attached hydrogens (tertiary/aromatic N) is 2. The summed E-state index contributed by atoms with van der Waals surface area (Å²) in [6.45, 7) is 0. The molecule has 22 heavy (non-hydrogen) atoms. The Bertz CT molecular complexity index is 1020. The Labute approximate surface area is 124 Å². The number of imidazole rings is 1. The van der Waals surface area contributed by atoms with Crippen molar-refractivity contribution in [3.63, 3.8) is 0 Å². The topological polar surface area (TPSA) is 144 Å². The Balaban J connectivity index is 2.22. The van der Waals surface area contributed by atoms with Gasteiger partial charge in [0.15, 0.2) is 11.2 Å². The number of aromatic nitrogens is 4. The number of ether oxygens (including phenoxy) is 1. The Morgan fingerprint density at radius 2 is 2.09 bits per heavy atom. The quantitative estimate of drug-likeness (QED) is 0.618. The number of rotatable bonds is 3. The Hall–Kier alpha value is -2.72. The number of nitrogens with two attached hydrogens (primary N) is 1. The maximum Gasteiger partial charge on any atom is 0.276 e. The first-order valence-electron chi connectivity index (χ1n) is 6.05. The minimum atomic E-state index is -3.84. The van der Waals surface area contributed by atoms with Crippen molar-refractivity contribution in [2.75, 3.05) is 7.11 Å². The normalized spacial score (nSPS) is 11.7. The third kappa shape index (κ3) is 2.34. The number of hydrogen-bond acceptors (Lipinski definition) is 6. The predicted molar refractivity (Wildman–Crippen MR) is 77.9 cm³/mol. The largest absolute Gasteiger partial charge is 0.496 e. The van der Waals surface area contributed by atoms with Gasteiger partial charge in [0.2, 0.25) is 10.0 Å². The van der Waals surface area contributed by atoms with Crippen molar-refractivity contribution in [2.45, 2.75) is 4.90 Å². The summed E-state index contributed by atoms with van der Waals surface area (Å²) < 4.78 is 27.9. The first-order valence-corrected chi connectivity index (χ1v) is 7.59. The molecule has 9 nitrogen and oxygen atoms in total. The molecule has 0 aliphatic heterocycles. The van der Waals surface area contributed by atoms with Gasteiger partial charge in [-0.25, -0.2) is 23.5 Å². The van der Waals surface area contributed by atoms with Crippen LogP contribution in [0, 0.1) is 0 Å². The number of fused-ring (bicyclic) bond motifs is 1. The monoisotopic (exact) mass is 321 g/mol. The summed E-state index contributed by atoms with van der Waals surface area (Å²) in [6.07, 6.45) is 1.25. The van der Waals surface area contributed by atoms with Crippen molar-refractivity contribution >= 4 is 21.2 Å². The molecule has 0 aliphatic carbocycles. The van der Waals surface area contributed by atoms with Gasteiger partial charge < -0.3 is 14.7 Å². The first-order chi connectivity index (χ1) is 10.4. The molecule has 3 rings (SSSR count). The molecule has 2 heterocycles. The van der Waals surface area contributed by atoms with Gasteiger partial charge in [-0.2, -0.15) is 0 Å². The van der Waals surface area contributed by atoms with Crippen molar-refractivity contribution in [1.29, 1.82) is 0 Å². The maximum atomic E-state index is 11.7. The molecule has 0 saturated heterocycles. The van der Waals surface area contributed by atoms with Crippen LogP contribution in [0.2, 0.25) is 0 Å². The average molecular weight is 321 g/mol. The summed E-state index contributed by atoms with van der Waals surface area (Å²) in [5, 5.41) is 5.09. The lowest BCUT2D eigenvalue weighted by molar-refractivity contribution is 0.415. The van der Waals surface area contributed by atoms with E-state index >= 15 is 0 Å². The van der Waals surface area contributed by atoms with Crippen LogP contribution in [-0.4, -0.2) is 35.5 Å². The second-order valence-electron chi connectivity index (χ2n) is 4.42. The first kappa shape index (κ1) is 14.2. The van der Waals surface area contributed by atoms with Crippen LogP contribution in [-0.2, 0) is 10.0 Å². The fourth-order valence-electron chi connectivity index (χ4n) is 2.01. The van der Waals surface area contributed by atoms with Crippen molar-refractivity contribution in [2.24, 2.45) is 5.14 Å². The molecule has 0 spiro atoms. The summed E-state index contributed by atoms with van der Waals surface area (Å²) in [4.78, 5) is 25.0. The zero-order valence-corrected chi connectivity index (χ0v) is 12.1. The number of aromatic amines is 2. The molecule has 1 aromatic carbocycles. The number of H-pyrrole nitrogens is 2. The van der Waals surface area contributed by atoms with Gasteiger partial charge in [-0.3, -0.25) is 4.79 Å². The van der Waals surface area contributed by atoms with Crippen LogP contribution < -0.4 is 15.4 Å². The van der Waals surface area contributed by atoms with Crippen molar-refractivity contribution < 1.29 is 13.2 Å². The van der Waals surface area contributed by atoms with Crippen LogP contribution in [0.3, 0.4) is 0 Å². The van der Waals surface area contributed by atoms with E-state index in [-0.39, 0.29) is 27.4 Å². The van der Waals surface area contributed by atoms with Crippen LogP contribution in [0.5, 0.6) is 5.75 Å². The Morgan fingerprint density at radius 1 is 1.32 bits per heavy atom. The number of methoxy groups -OCH3 is 1. The zero-order valence-electron chi connectivity index (χ0n) is 11.3. The lowest BCUT2D eigenvalue weighted by Crippen LogP contribution is -2.12. The van der Waals surface area contributed by atoms with E-state index in [2.05, 4.69) is 19.9 Å². The maximum absolute atomic E-state index is 11.7. The molecule has 0 amide bonds. The van der Waals surface area contributed by atoms with Gasteiger partial charge in [0.1, 0.15) is 11.6 Å². The lowest BCUT2D eigenvalue weighted by Gasteiger charge is -2.07. The highest BCUT2D eigenvalue weighted by Crippen LogP contribution is 2.30. The van der Waals surface area contributed by atoms with E-state index in [4.69, 9.17) is 9.88 Å². The van der Waals surface area contributed by atoms with Crippen molar-refractivity contribution in [1.82, 2.24) is 19.9 Å². The summed E-state index contributed by atoms with van der Waals surface area (Å²) in [6, 6.07) is 4.11. The molecule has 0 saturated carbocycles. The smallest absolute Gasteiger partial charge is 0.276 e. The SMILES string of the molecule is COc1cc(S(N)(=O)=O)ccc1-c1nc2nc[nH]c(=O)c2[nH]1. The molecule has 0 atom stereocenters. The second kappa shape index (κ2) is 4.93. The van der Waals surface area contributed by atoms with Gasteiger partial charge >= 0.3 is 0 Å². The van der Waals surface area contributed by atoms with E-state index in [1.807, 2.05) is 0 Å². The minimum absolute atomic E-state index is 0.0832. The van der Waals surface area contributed by atoms with Gasteiger partial charge in [-0.15, -0.1) is 0 Å². The highest BCUT2D eigenvalue weighted by Gasteiger charge is 2.16. The average Bonchev–Trinajstić information content (AvgIpc) is 2.91. The van der Waals surface area contributed by atoms with E-state index in [1.54, 1.807) is 0 Å². The van der Waals surface area contributed by atoms with Crippen LogP contribution in [0.25, 0.3) is 22.6 Å². The molecule has 0 unspecified atom stereocenters. The van der Waals surface area contributed by atoms with E-state index in [9.17, 15) is 13.2 Å². The molecule has 0 radical (unpaired) electrons. The predicted octanol–water partition coefficient (Wildman–Crippen LogP) is -0.0308. The molecule has 4 N–H and O–H groups in total. The van der Waals surface area contributed by atoms with E-state index in [1.165, 1.54) is 31.6 Å². The van der Waals surface area contributed by atoms with E-state index in [0.29, 0.717) is 11.4 Å². The van der Waals surface area contributed by atoms with Crippen LogP contribution in [0.1, 0.15) is 0 Å². The highest BCUT2D eigenvalue weighted by molar-refractivity contribution is 7.89. The molecule has 0 fully saturated rings. The Kier molecular flexibility index (Phi) is 3.19. The molecule has 0 aliphatic rings. The molecule has 3 aromatic rings. The fourth-order valence-corrected chi connectivity index (χ4v) is 2.54. The van der Waals surface area contributed by atoms with Crippen LogP contribution in [0.4, 0.5) is 0 Å². The number of nitrogens with one attached hydrogen (secondary N) is 2. The summed E-state index contributed by atoms with van der Waals surface area (Å²) in [7, 11) is -2.46. The molecule has 10 heteroatoms. The van der Waals surface area contributed by atoms with Crippen LogP contribution in [0.15, 0.2) is 34.2 Å². The lowest BCUT2D eigenvalue weighted by atomic mass is 10.2. The molecular formula is C12H11N5O4S. The minimum Gasteiger partial charge on any atom is -0.496 e. The van der Waals surface area contributed by atoms with E-state index < -0.39 is 10.0 Å². The number of primary sulfonamides is 1. The zero-order chi connectivity index (χ0) is 15.9. The van der Waals surface area contributed by atoms with Crippen molar-refractivity contribution in [3.8, 4) is 17.1 Å². The van der Waals surface area contributed by atoms with Crippen LogP contribution >= 0.6 is 0 Å². The summed E-state index contributed by atoms with van der Waals surface area (Å²) in [5.74, 6) is 0.582. The second-order valence-corrected chi connectivity index (χ2v) is 5.98. The standard InChI is InChI=1S/C12H11N5O4S/c1-21-8-4-6(22(13,19)20)2-3-7(8)10-16-9-11(17-10)14-5-15-12(9)18/h2-5H,1H3,(H2,13,19,20)(H2,14,15,16,17,18). The van der Waals surface area contributed by atoms with Gasteiger partial charge in [0.25, 0.3) is 5.56 Å².